The number of terminal acetylenes is 1. The van der Waals surface area contributed by atoms with Crippen molar-refractivity contribution in [1.82, 2.24) is 0 Å². The Labute approximate surface area is 118 Å². The van der Waals surface area contributed by atoms with Crippen LogP contribution in [0.5, 0.6) is 11.5 Å². The second-order valence-corrected chi connectivity index (χ2v) is 4.27. The molecule has 0 unspecified atom stereocenters. The van der Waals surface area contributed by atoms with E-state index in [-0.39, 0.29) is 6.61 Å². The molecule has 0 saturated heterocycles. The van der Waals surface area contributed by atoms with Gasteiger partial charge in [0.25, 0.3) is 0 Å². The lowest BCUT2D eigenvalue weighted by Gasteiger charge is -2.28. The minimum Gasteiger partial charge on any atom is -0.497 e. The normalized spacial score (nSPS) is 13.1. The molecular weight excluding hydrogens is 252 g/mol. The lowest BCUT2D eigenvalue weighted by Crippen LogP contribution is -2.35. The molecule has 2 rings (SSSR count). The number of ether oxygens (including phenoxy) is 2. The second kappa shape index (κ2) is 6.14. The number of hydrogen-bond donors (Lipinski definition) is 1. The summed E-state index contributed by atoms with van der Waals surface area (Å²) >= 11 is 0. The van der Waals surface area contributed by atoms with Crippen LogP contribution in [0.15, 0.2) is 54.6 Å². The Morgan fingerprint density at radius 3 is 2.15 bits per heavy atom. The maximum Gasteiger partial charge on any atom is 0.217 e. The topological polar surface area (TPSA) is 38.7 Å². The molecule has 3 heteroatoms. The van der Waals surface area contributed by atoms with Crippen molar-refractivity contribution in [3.05, 3.63) is 60.2 Å². The summed E-state index contributed by atoms with van der Waals surface area (Å²) in [6.45, 7) is -0.306. The highest BCUT2D eigenvalue weighted by atomic mass is 16.5. The van der Waals surface area contributed by atoms with Crippen molar-refractivity contribution >= 4 is 0 Å². The van der Waals surface area contributed by atoms with E-state index in [9.17, 15) is 5.11 Å². The van der Waals surface area contributed by atoms with Gasteiger partial charge in [-0.25, -0.2) is 0 Å². The third-order valence-corrected chi connectivity index (χ3v) is 3.05. The zero-order valence-corrected chi connectivity index (χ0v) is 11.2. The van der Waals surface area contributed by atoms with Gasteiger partial charge in [-0.05, 0) is 24.3 Å². The maximum absolute atomic E-state index is 9.70. The molecule has 0 aliphatic rings. The van der Waals surface area contributed by atoms with E-state index in [1.54, 1.807) is 31.4 Å². The number of rotatable bonds is 5. The van der Waals surface area contributed by atoms with Gasteiger partial charge in [0.05, 0.1) is 13.7 Å². The van der Waals surface area contributed by atoms with E-state index in [1.807, 2.05) is 30.3 Å². The van der Waals surface area contributed by atoms with E-state index in [0.29, 0.717) is 5.75 Å². The van der Waals surface area contributed by atoms with Crippen molar-refractivity contribution in [1.29, 1.82) is 0 Å². The molecule has 0 saturated carbocycles. The quantitative estimate of drug-likeness (QED) is 0.847. The minimum atomic E-state index is -1.18. The summed E-state index contributed by atoms with van der Waals surface area (Å²) in [6, 6.07) is 16.3. The van der Waals surface area contributed by atoms with Gasteiger partial charge in [0.1, 0.15) is 11.5 Å². The third kappa shape index (κ3) is 2.76. The van der Waals surface area contributed by atoms with Crippen molar-refractivity contribution < 1.29 is 14.6 Å². The Bertz CT molecular complexity index is 584. The van der Waals surface area contributed by atoms with Gasteiger partial charge in [-0.3, -0.25) is 0 Å². The van der Waals surface area contributed by atoms with Crippen LogP contribution in [-0.4, -0.2) is 18.8 Å². The van der Waals surface area contributed by atoms with E-state index in [2.05, 4.69) is 5.92 Å². The number of aliphatic hydroxyl groups excluding tert-OH is 1. The molecule has 2 aromatic rings. The molecule has 3 nitrogen and oxygen atoms in total. The van der Waals surface area contributed by atoms with E-state index < -0.39 is 5.60 Å². The van der Waals surface area contributed by atoms with Gasteiger partial charge in [0, 0.05) is 5.56 Å². The first-order valence-electron chi connectivity index (χ1n) is 6.21. The van der Waals surface area contributed by atoms with E-state index in [0.717, 1.165) is 11.3 Å². The van der Waals surface area contributed by atoms with Crippen molar-refractivity contribution in [2.75, 3.05) is 13.7 Å². The molecule has 0 spiro atoms. The lowest BCUT2D eigenvalue weighted by molar-refractivity contribution is 0.0562. The third-order valence-electron chi connectivity index (χ3n) is 3.05. The smallest absolute Gasteiger partial charge is 0.217 e. The first-order chi connectivity index (χ1) is 9.74. The molecule has 1 atom stereocenters. The summed E-state index contributed by atoms with van der Waals surface area (Å²) in [5.74, 6) is 3.86. The van der Waals surface area contributed by atoms with Crippen molar-refractivity contribution in [2.24, 2.45) is 0 Å². The molecule has 0 amide bonds. The van der Waals surface area contributed by atoms with Crippen LogP contribution < -0.4 is 9.47 Å². The van der Waals surface area contributed by atoms with Crippen molar-refractivity contribution in [2.45, 2.75) is 5.60 Å². The van der Waals surface area contributed by atoms with Crippen LogP contribution in [0.2, 0.25) is 0 Å². The van der Waals surface area contributed by atoms with E-state index >= 15 is 0 Å². The highest BCUT2D eigenvalue weighted by molar-refractivity contribution is 5.37. The Kier molecular flexibility index (Phi) is 4.29. The van der Waals surface area contributed by atoms with E-state index in [4.69, 9.17) is 15.9 Å². The maximum atomic E-state index is 9.70. The summed E-state index contributed by atoms with van der Waals surface area (Å²) in [7, 11) is 1.60. The molecule has 20 heavy (non-hydrogen) atoms. The average Bonchev–Trinajstić information content (AvgIpc) is 2.54. The number of aliphatic hydroxyl groups is 1. The predicted molar refractivity (Wildman–Crippen MR) is 77.7 cm³/mol. The molecule has 0 radical (unpaired) electrons. The number of benzene rings is 2. The monoisotopic (exact) mass is 268 g/mol. The molecule has 0 aliphatic heterocycles. The summed E-state index contributed by atoms with van der Waals surface area (Å²) in [6.07, 6.45) is 5.59. The summed E-state index contributed by atoms with van der Waals surface area (Å²) in [4.78, 5) is 0. The fraction of sp³-hybridized carbons (Fsp3) is 0.176. The van der Waals surface area contributed by atoms with Crippen LogP contribution in [-0.2, 0) is 5.60 Å². The first-order valence-corrected chi connectivity index (χ1v) is 6.21. The zero-order chi connectivity index (χ0) is 14.4. The van der Waals surface area contributed by atoms with Gasteiger partial charge in [-0.2, -0.15) is 0 Å². The second-order valence-electron chi connectivity index (χ2n) is 4.27. The van der Waals surface area contributed by atoms with Gasteiger partial charge < -0.3 is 14.6 Å². The highest BCUT2D eigenvalue weighted by Crippen LogP contribution is 2.28. The molecule has 102 valence electrons. The van der Waals surface area contributed by atoms with Crippen LogP contribution >= 0.6 is 0 Å². The van der Waals surface area contributed by atoms with Crippen molar-refractivity contribution in [3.8, 4) is 23.8 Å². The van der Waals surface area contributed by atoms with E-state index in [1.165, 1.54) is 0 Å². The summed E-state index contributed by atoms with van der Waals surface area (Å²) in [5, 5.41) is 9.70. The molecule has 0 fully saturated rings. The summed E-state index contributed by atoms with van der Waals surface area (Å²) < 4.78 is 10.9. The van der Waals surface area contributed by atoms with Crippen LogP contribution in [0.3, 0.4) is 0 Å². The van der Waals surface area contributed by atoms with Crippen LogP contribution in [0.4, 0.5) is 0 Å². The van der Waals surface area contributed by atoms with Gasteiger partial charge in [-0.1, -0.05) is 36.3 Å². The Morgan fingerprint density at radius 1 is 1.05 bits per heavy atom. The predicted octanol–water partition coefficient (Wildman–Crippen LogP) is 2.60. The van der Waals surface area contributed by atoms with Crippen molar-refractivity contribution in [3.63, 3.8) is 0 Å². The fourth-order valence-electron chi connectivity index (χ4n) is 1.89. The van der Waals surface area contributed by atoms with Gasteiger partial charge in [0.15, 0.2) is 0 Å². The summed E-state index contributed by atoms with van der Waals surface area (Å²) in [5.41, 5.74) is -0.448. The molecule has 0 heterocycles. The molecule has 0 aliphatic carbocycles. The largest absolute Gasteiger partial charge is 0.497 e. The molecule has 0 aromatic heterocycles. The first kappa shape index (κ1) is 14.0. The molecular formula is C17H16O3. The molecule has 2 aromatic carbocycles. The Balaban J connectivity index is 2.32. The average molecular weight is 268 g/mol. The van der Waals surface area contributed by atoms with Gasteiger partial charge >= 0.3 is 0 Å². The standard InChI is InChI=1S/C17H16O3/c1-3-17(13-18,14-7-5-4-6-8-14)20-16-11-9-15(19-2)10-12-16/h1,4-12,18H,13H2,2H3/t17-/m1/s1. The number of methoxy groups -OCH3 is 1. The Morgan fingerprint density at radius 2 is 1.65 bits per heavy atom. The zero-order valence-electron chi connectivity index (χ0n) is 11.2. The van der Waals surface area contributed by atoms with Gasteiger partial charge in [-0.15, -0.1) is 6.42 Å². The Hall–Kier alpha value is -2.44. The molecule has 1 N–H and O–H groups in total. The highest BCUT2D eigenvalue weighted by Gasteiger charge is 2.31. The van der Waals surface area contributed by atoms with Crippen LogP contribution in [0.1, 0.15) is 5.56 Å². The van der Waals surface area contributed by atoms with Crippen LogP contribution in [0.25, 0.3) is 0 Å². The lowest BCUT2D eigenvalue weighted by atomic mass is 9.95. The van der Waals surface area contributed by atoms with Gasteiger partial charge in [0.2, 0.25) is 5.60 Å². The SMILES string of the molecule is C#C[C@](CO)(Oc1ccc(OC)cc1)c1ccccc1. The minimum absolute atomic E-state index is 0.306. The number of hydrogen-bond acceptors (Lipinski definition) is 3. The fourth-order valence-corrected chi connectivity index (χ4v) is 1.89. The van der Waals surface area contributed by atoms with Crippen LogP contribution in [0, 0.1) is 12.3 Å². The molecule has 0 bridgehead atoms.